The van der Waals surface area contributed by atoms with Crippen molar-refractivity contribution >= 4 is 23.5 Å². The number of carbonyl (C=O) groups is 2. The minimum absolute atomic E-state index is 0.110. The summed E-state index contributed by atoms with van der Waals surface area (Å²) < 4.78 is 15.3. The molecule has 0 saturated carbocycles. The zero-order chi connectivity index (χ0) is 18.7. The highest BCUT2D eigenvalue weighted by Crippen LogP contribution is 2.37. The Morgan fingerprint density at radius 3 is 2.52 bits per heavy atom. The molecule has 8 nitrogen and oxygen atoms in total. The number of hydrogen-bond donors (Lipinski definition) is 3. The summed E-state index contributed by atoms with van der Waals surface area (Å²) in [6, 6.07) is 4.19. The van der Waals surface area contributed by atoms with Crippen LogP contribution in [0.15, 0.2) is 18.2 Å². The molecule has 0 unspecified atom stereocenters. The van der Waals surface area contributed by atoms with E-state index in [4.69, 9.17) is 21.1 Å². The van der Waals surface area contributed by atoms with Crippen molar-refractivity contribution in [2.24, 2.45) is 0 Å². The van der Waals surface area contributed by atoms with Gasteiger partial charge >= 0.3 is 11.9 Å². The number of methoxy groups -OCH3 is 1. The van der Waals surface area contributed by atoms with Gasteiger partial charge in [-0.2, -0.15) is 0 Å². The van der Waals surface area contributed by atoms with Crippen LogP contribution in [0.4, 0.5) is 0 Å². The molecule has 2 rings (SSSR count). The zero-order valence-corrected chi connectivity index (χ0v) is 14.3. The van der Waals surface area contributed by atoms with Crippen molar-refractivity contribution in [1.82, 2.24) is 0 Å². The molecule has 1 aliphatic rings. The molecule has 1 heterocycles. The van der Waals surface area contributed by atoms with Crippen LogP contribution in [0.5, 0.6) is 5.75 Å². The quantitative estimate of drug-likeness (QED) is 0.658. The van der Waals surface area contributed by atoms with E-state index in [1.54, 1.807) is 0 Å². The van der Waals surface area contributed by atoms with Gasteiger partial charge < -0.3 is 29.5 Å². The van der Waals surface area contributed by atoms with Crippen LogP contribution >= 0.6 is 11.6 Å². The fraction of sp³-hybridized carbons (Fsp3) is 0.500. The van der Waals surface area contributed by atoms with Crippen molar-refractivity contribution in [2.45, 2.75) is 43.9 Å². The molecule has 9 heteroatoms. The molecule has 25 heavy (non-hydrogen) atoms. The average Bonchev–Trinajstić information content (AvgIpc) is 2.56. The Labute approximate surface area is 148 Å². The minimum atomic E-state index is -1.50. The molecule has 0 spiro atoms. The Balaban J connectivity index is 2.32. The van der Waals surface area contributed by atoms with Gasteiger partial charge in [0.15, 0.2) is 6.10 Å². The minimum Gasteiger partial charge on any atom is -0.506 e. The molecule has 1 fully saturated rings. The molecule has 1 aromatic rings. The molecule has 0 aromatic heterocycles. The fourth-order valence-electron chi connectivity index (χ4n) is 2.67. The SMILES string of the molecule is COC(=O)C[C@H]1O[C@H](c2ccc(Cl)c(O)c2)[C@@H](O)[C@@H](O)[C@H]1OC(C)=O. The van der Waals surface area contributed by atoms with Crippen LogP contribution in [0.1, 0.15) is 25.0 Å². The van der Waals surface area contributed by atoms with E-state index in [1.165, 1.54) is 25.3 Å². The van der Waals surface area contributed by atoms with Gasteiger partial charge in [-0.25, -0.2) is 0 Å². The molecule has 1 aromatic carbocycles. The van der Waals surface area contributed by atoms with Gasteiger partial charge in [0.05, 0.1) is 18.6 Å². The summed E-state index contributed by atoms with van der Waals surface area (Å²) in [7, 11) is 1.19. The summed E-state index contributed by atoms with van der Waals surface area (Å²) in [5.41, 5.74) is 0.338. The van der Waals surface area contributed by atoms with Crippen molar-refractivity contribution in [3.05, 3.63) is 28.8 Å². The molecule has 0 aliphatic carbocycles. The number of esters is 2. The standard InChI is InChI=1S/C16H19ClO8/c1-7(18)24-16-11(6-12(20)23-2)25-15(13(21)14(16)22)8-3-4-9(17)10(19)5-8/h3-5,11,13-16,19,21-22H,6H2,1-2H3/t11-,13+,14-,15-,16+/m1/s1. The first-order valence-electron chi connectivity index (χ1n) is 7.48. The number of aromatic hydroxyl groups is 1. The molecule has 1 aliphatic heterocycles. The second-order valence-corrected chi connectivity index (χ2v) is 6.05. The second kappa shape index (κ2) is 8.01. The lowest BCUT2D eigenvalue weighted by atomic mass is 9.89. The van der Waals surface area contributed by atoms with E-state index in [2.05, 4.69) is 4.74 Å². The predicted octanol–water partition coefficient (Wildman–Crippen LogP) is 0.702. The number of phenolic OH excluding ortho intramolecular Hbond substituents is 1. The van der Waals surface area contributed by atoms with Gasteiger partial charge in [-0.1, -0.05) is 17.7 Å². The summed E-state index contributed by atoms with van der Waals surface area (Å²) >= 11 is 5.76. The molecule has 1 saturated heterocycles. The first-order chi connectivity index (χ1) is 11.7. The fourth-order valence-corrected chi connectivity index (χ4v) is 2.79. The van der Waals surface area contributed by atoms with Gasteiger partial charge in [0, 0.05) is 6.92 Å². The molecular weight excluding hydrogens is 356 g/mol. The number of aliphatic hydroxyl groups excluding tert-OH is 2. The maximum absolute atomic E-state index is 11.6. The summed E-state index contributed by atoms with van der Waals surface area (Å²) in [6.45, 7) is 1.14. The van der Waals surface area contributed by atoms with E-state index < -0.39 is 42.5 Å². The number of carbonyl (C=O) groups excluding carboxylic acids is 2. The number of rotatable bonds is 4. The van der Waals surface area contributed by atoms with Gasteiger partial charge in [0.1, 0.15) is 30.2 Å². The molecular formula is C16H19ClO8. The number of phenols is 1. The van der Waals surface area contributed by atoms with Gasteiger partial charge in [-0.05, 0) is 17.7 Å². The van der Waals surface area contributed by atoms with Crippen LogP contribution in [-0.4, -0.2) is 58.8 Å². The smallest absolute Gasteiger partial charge is 0.308 e. The summed E-state index contributed by atoms with van der Waals surface area (Å²) in [5, 5.41) is 30.5. The summed E-state index contributed by atoms with van der Waals surface area (Å²) in [5.74, 6) is -1.56. The van der Waals surface area contributed by atoms with Crippen LogP contribution in [0.3, 0.4) is 0 Å². The van der Waals surface area contributed by atoms with Crippen molar-refractivity contribution in [1.29, 1.82) is 0 Å². The van der Waals surface area contributed by atoms with E-state index in [0.717, 1.165) is 6.92 Å². The Morgan fingerprint density at radius 1 is 1.28 bits per heavy atom. The first kappa shape index (κ1) is 19.5. The number of halogens is 1. The average molecular weight is 375 g/mol. The maximum Gasteiger partial charge on any atom is 0.308 e. The molecule has 0 radical (unpaired) electrons. The molecule has 0 amide bonds. The van der Waals surface area contributed by atoms with Gasteiger partial charge in [0.2, 0.25) is 0 Å². The molecule has 0 bridgehead atoms. The van der Waals surface area contributed by atoms with Crippen LogP contribution in [-0.2, 0) is 23.8 Å². The Hall–Kier alpha value is -1.87. The van der Waals surface area contributed by atoms with Crippen molar-refractivity contribution < 1.29 is 39.1 Å². The number of aliphatic hydroxyl groups is 2. The third-order valence-electron chi connectivity index (χ3n) is 3.88. The first-order valence-corrected chi connectivity index (χ1v) is 7.86. The maximum atomic E-state index is 11.6. The lowest BCUT2D eigenvalue weighted by molar-refractivity contribution is -0.236. The highest BCUT2D eigenvalue weighted by Gasteiger charge is 2.47. The lowest BCUT2D eigenvalue weighted by Gasteiger charge is -2.42. The van der Waals surface area contributed by atoms with Gasteiger partial charge in [-0.15, -0.1) is 0 Å². The number of benzene rings is 1. The normalized spacial score (nSPS) is 29.1. The van der Waals surface area contributed by atoms with Crippen molar-refractivity contribution in [3.8, 4) is 5.75 Å². The highest BCUT2D eigenvalue weighted by atomic mass is 35.5. The number of ether oxygens (including phenoxy) is 3. The van der Waals surface area contributed by atoms with Crippen molar-refractivity contribution in [2.75, 3.05) is 7.11 Å². The third-order valence-corrected chi connectivity index (χ3v) is 4.20. The molecule has 5 atom stereocenters. The summed E-state index contributed by atoms with van der Waals surface area (Å²) in [4.78, 5) is 22.9. The highest BCUT2D eigenvalue weighted by molar-refractivity contribution is 6.32. The molecule has 3 N–H and O–H groups in total. The molecule has 138 valence electrons. The zero-order valence-electron chi connectivity index (χ0n) is 13.6. The van der Waals surface area contributed by atoms with E-state index in [1.807, 2.05) is 0 Å². The van der Waals surface area contributed by atoms with E-state index >= 15 is 0 Å². The largest absolute Gasteiger partial charge is 0.506 e. The summed E-state index contributed by atoms with van der Waals surface area (Å²) in [6.07, 6.45) is -6.62. The van der Waals surface area contributed by atoms with Crippen LogP contribution in [0, 0.1) is 0 Å². The van der Waals surface area contributed by atoms with Gasteiger partial charge in [-0.3, -0.25) is 9.59 Å². The van der Waals surface area contributed by atoms with Crippen molar-refractivity contribution in [3.63, 3.8) is 0 Å². The Kier molecular flexibility index (Phi) is 6.23. The van der Waals surface area contributed by atoms with E-state index in [9.17, 15) is 24.9 Å². The Bertz CT molecular complexity index is 649. The van der Waals surface area contributed by atoms with E-state index in [0.29, 0.717) is 5.56 Å². The predicted molar refractivity (Wildman–Crippen MR) is 84.9 cm³/mol. The lowest BCUT2D eigenvalue weighted by Crippen LogP contribution is -2.56. The van der Waals surface area contributed by atoms with E-state index in [-0.39, 0.29) is 17.2 Å². The second-order valence-electron chi connectivity index (χ2n) is 5.64. The third kappa shape index (κ3) is 4.40. The van der Waals surface area contributed by atoms with Crippen LogP contribution in [0.25, 0.3) is 0 Å². The monoisotopic (exact) mass is 374 g/mol. The van der Waals surface area contributed by atoms with Gasteiger partial charge in [0.25, 0.3) is 0 Å². The Morgan fingerprint density at radius 2 is 1.96 bits per heavy atom. The van der Waals surface area contributed by atoms with Crippen LogP contribution < -0.4 is 0 Å². The topological polar surface area (TPSA) is 123 Å². The van der Waals surface area contributed by atoms with Crippen LogP contribution in [0.2, 0.25) is 5.02 Å². The number of hydrogen-bond acceptors (Lipinski definition) is 8.